The summed E-state index contributed by atoms with van der Waals surface area (Å²) in [5, 5.41) is 4.65. The number of halogens is 3. The Kier molecular flexibility index (Phi) is 5.82. The lowest BCUT2D eigenvalue weighted by Gasteiger charge is -2.15. The molecule has 0 aromatic heterocycles. The smallest absolute Gasteiger partial charge is 0.401 e. The average Bonchev–Trinajstić information content (AvgIpc) is 2.37. The number of ether oxygens (including phenoxy) is 1. The highest BCUT2D eigenvalue weighted by Gasteiger charge is 2.26. The molecule has 1 aromatic rings. The Bertz CT molecular complexity index is 432. The quantitative estimate of drug-likeness (QED) is 0.843. The molecule has 0 heterocycles. The van der Waals surface area contributed by atoms with Gasteiger partial charge in [-0.05, 0) is 24.6 Å². The summed E-state index contributed by atoms with van der Waals surface area (Å²) < 4.78 is 40.7. The van der Waals surface area contributed by atoms with Crippen molar-refractivity contribution in [3.05, 3.63) is 29.8 Å². The Balaban J connectivity index is 2.40. The Labute approximate surface area is 115 Å². The van der Waals surface area contributed by atoms with Crippen molar-refractivity contribution in [2.45, 2.75) is 19.1 Å². The van der Waals surface area contributed by atoms with Crippen LogP contribution in [-0.2, 0) is 4.79 Å². The summed E-state index contributed by atoms with van der Waals surface area (Å²) in [4.78, 5) is 11.5. The normalized spacial score (nSPS) is 12.8. The molecule has 7 heteroatoms. The number of benzene rings is 1. The summed E-state index contributed by atoms with van der Waals surface area (Å²) in [7, 11) is 1.55. The van der Waals surface area contributed by atoms with Crippen molar-refractivity contribution in [1.82, 2.24) is 10.6 Å². The van der Waals surface area contributed by atoms with Crippen LogP contribution in [0.5, 0.6) is 5.75 Å². The van der Waals surface area contributed by atoms with Gasteiger partial charge in [0.2, 0.25) is 5.91 Å². The molecule has 0 aliphatic heterocycles. The molecule has 112 valence electrons. The largest absolute Gasteiger partial charge is 0.497 e. The number of carbonyl (C=O) groups is 1. The van der Waals surface area contributed by atoms with Crippen LogP contribution in [0.4, 0.5) is 13.2 Å². The maximum absolute atomic E-state index is 11.9. The highest BCUT2D eigenvalue weighted by atomic mass is 19.4. The van der Waals surface area contributed by atoms with Crippen LogP contribution in [0.15, 0.2) is 24.3 Å². The molecule has 0 saturated carbocycles. The number of amides is 1. The second-order valence-electron chi connectivity index (χ2n) is 4.28. The molecular formula is C13H17F3N2O2. The standard InChI is InChI=1S/C13H17F3N2O2/c1-9(10-3-5-11(20-2)6-4-10)18-12(19)7-17-8-13(14,15)16/h3-6,9,17H,7-8H2,1-2H3,(H,18,19)/t9-/m0/s1. The summed E-state index contributed by atoms with van der Waals surface area (Å²) in [6.07, 6.45) is -4.32. The van der Waals surface area contributed by atoms with E-state index in [9.17, 15) is 18.0 Å². The number of rotatable bonds is 6. The topological polar surface area (TPSA) is 50.4 Å². The predicted molar refractivity (Wildman–Crippen MR) is 68.5 cm³/mol. The summed E-state index contributed by atoms with van der Waals surface area (Å²) in [5.74, 6) is 0.205. The van der Waals surface area contributed by atoms with Crippen molar-refractivity contribution in [1.29, 1.82) is 0 Å². The summed E-state index contributed by atoms with van der Waals surface area (Å²) in [6.45, 7) is 0.195. The second-order valence-corrected chi connectivity index (χ2v) is 4.28. The lowest BCUT2D eigenvalue weighted by atomic mass is 10.1. The number of hydrogen-bond acceptors (Lipinski definition) is 3. The van der Waals surface area contributed by atoms with Crippen LogP contribution in [0.1, 0.15) is 18.5 Å². The summed E-state index contributed by atoms with van der Waals surface area (Å²) in [5.41, 5.74) is 0.843. The number of nitrogens with one attached hydrogen (secondary N) is 2. The molecule has 0 spiro atoms. The van der Waals surface area contributed by atoms with Crippen LogP contribution in [0, 0.1) is 0 Å². The third-order valence-corrected chi connectivity index (χ3v) is 2.60. The van der Waals surface area contributed by atoms with E-state index in [0.717, 1.165) is 5.56 Å². The van der Waals surface area contributed by atoms with Gasteiger partial charge in [-0.25, -0.2) is 0 Å². The van der Waals surface area contributed by atoms with Gasteiger partial charge >= 0.3 is 6.18 Å². The van der Waals surface area contributed by atoms with Crippen molar-refractivity contribution in [2.75, 3.05) is 20.2 Å². The average molecular weight is 290 g/mol. The second kappa shape index (κ2) is 7.14. The molecular weight excluding hydrogens is 273 g/mol. The lowest BCUT2D eigenvalue weighted by Crippen LogP contribution is -2.39. The first-order chi connectivity index (χ1) is 9.31. The Hall–Kier alpha value is -1.76. The molecule has 1 aromatic carbocycles. The van der Waals surface area contributed by atoms with E-state index in [1.165, 1.54) is 0 Å². The molecule has 1 atom stereocenters. The zero-order valence-electron chi connectivity index (χ0n) is 11.3. The van der Waals surface area contributed by atoms with E-state index in [0.29, 0.717) is 5.75 Å². The maximum Gasteiger partial charge on any atom is 0.401 e. The first-order valence-electron chi connectivity index (χ1n) is 6.02. The van der Waals surface area contributed by atoms with E-state index < -0.39 is 18.6 Å². The number of hydrogen-bond donors (Lipinski definition) is 2. The molecule has 1 rings (SSSR count). The van der Waals surface area contributed by atoms with Gasteiger partial charge in [-0.1, -0.05) is 12.1 Å². The molecule has 0 saturated heterocycles. The van der Waals surface area contributed by atoms with E-state index in [1.807, 2.05) is 5.32 Å². The van der Waals surface area contributed by atoms with E-state index in [1.54, 1.807) is 38.3 Å². The monoisotopic (exact) mass is 290 g/mol. The molecule has 0 aliphatic rings. The molecule has 4 nitrogen and oxygen atoms in total. The fourth-order valence-electron chi connectivity index (χ4n) is 1.59. The van der Waals surface area contributed by atoms with Crippen molar-refractivity contribution in [3.8, 4) is 5.75 Å². The van der Waals surface area contributed by atoms with Crippen LogP contribution in [0.3, 0.4) is 0 Å². The Morgan fingerprint density at radius 3 is 2.40 bits per heavy atom. The van der Waals surface area contributed by atoms with Gasteiger partial charge in [-0.2, -0.15) is 13.2 Å². The minimum atomic E-state index is -4.32. The summed E-state index contributed by atoms with van der Waals surface area (Å²) in [6, 6.07) is 6.78. The maximum atomic E-state index is 11.9. The van der Waals surface area contributed by atoms with Crippen LogP contribution in [0.2, 0.25) is 0 Å². The summed E-state index contributed by atoms with van der Waals surface area (Å²) >= 11 is 0. The highest BCUT2D eigenvalue weighted by Crippen LogP contribution is 2.17. The van der Waals surface area contributed by atoms with E-state index >= 15 is 0 Å². The molecule has 1 amide bonds. The Morgan fingerprint density at radius 1 is 1.30 bits per heavy atom. The van der Waals surface area contributed by atoms with Gasteiger partial charge in [0.1, 0.15) is 5.75 Å². The number of carbonyl (C=O) groups excluding carboxylic acids is 1. The fraction of sp³-hybridized carbons (Fsp3) is 0.462. The molecule has 0 fully saturated rings. The molecule has 0 aliphatic carbocycles. The van der Waals surface area contributed by atoms with Crippen molar-refractivity contribution >= 4 is 5.91 Å². The molecule has 0 bridgehead atoms. The lowest BCUT2D eigenvalue weighted by molar-refractivity contribution is -0.128. The zero-order chi connectivity index (χ0) is 15.2. The minimum Gasteiger partial charge on any atom is -0.497 e. The SMILES string of the molecule is COc1ccc([C@H](C)NC(=O)CNCC(F)(F)F)cc1. The van der Waals surface area contributed by atoms with Crippen LogP contribution in [-0.4, -0.2) is 32.3 Å². The van der Waals surface area contributed by atoms with Gasteiger partial charge < -0.3 is 15.4 Å². The van der Waals surface area contributed by atoms with Crippen LogP contribution < -0.4 is 15.4 Å². The van der Waals surface area contributed by atoms with Crippen LogP contribution in [0.25, 0.3) is 0 Å². The zero-order valence-corrected chi connectivity index (χ0v) is 11.3. The minimum absolute atomic E-state index is 0.291. The first kappa shape index (κ1) is 16.3. The molecule has 2 N–H and O–H groups in total. The predicted octanol–water partition coefficient (Wildman–Crippen LogP) is 2.02. The van der Waals surface area contributed by atoms with Crippen molar-refractivity contribution < 1.29 is 22.7 Å². The van der Waals surface area contributed by atoms with Gasteiger partial charge in [-0.3, -0.25) is 4.79 Å². The number of methoxy groups -OCH3 is 1. The molecule has 0 unspecified atom stereocenters. The van der Waals surface area contributed by atoms with Gasteiger partial charge in [0.05, 0.1) is 26.2 Å². The van der Waals surface area contributed by atoms with Gasteiger partial charge in [0, 0.05) is 0 Å². The van der Waals surface area contributed by atoms with E-state index in [4.69, 9.17) is 4.74 Å². The highest BCUT2D eigenvalue weighted by molar-refractivity contribution is 5.78. The third-order valence-electron chi connectivity index (χ3n) is 2.60. The van der Waals surface area contributed by atoms with E-state index in [-0.39, 0.29) is 12.6 Å². The van der Waals surface area contributed by atoms with Gasteiger partial charge in [0.25, 0.3) is 0 Å². The first-order valence-corrected chi connectivity index (χ1v) is 6.02. The van der Waals surface area contributed by atoms with Gasteiger partial charge in [-0.15, -0.1) is 0 Å². The third kappa shape index (κ3) is 5.92. The molecule has 0 radical (unpaired) electrons. The van der Waals surface area contributed by atoms with E-state index in [2.05, 4.69) is 5.32 Å². The molecule has 20 heavy (non-hydrogen) atoms. The van der Waals surface area contributed by atoms with Crippen LogP contribution >= 0.6 is 0 Å². The number of alkyl halides is 3. The fourth-order valence-corrected chi connectivity index (χ4v) is 1.59. The van der Waals surface area contributed by atoms with Gasteiger partial charge in [0.15, 0.2) is 0 Å². The van der Waals surface area contributed by atoms with Crippen molar-refractivity contribution in [3.63, 3.8) is 0 Å². The van der Waals surface area contributed by atoms with Crippen molar-refractivity contribution in [2.24, 2.45) is 0 Å². The Morgan fingerprint density at radius 2 is 1.90 bits per heavy atom.